The highest BCUT2D eigenvalue weighted by Gasteiger charge is 2.48. The lowest BCUT2D eigenvalue weighted by Gasteiger charge is -2.54. The van der Waals surface area contributed by atoms with E-state index >= 15 is 0 Å². The van der Waals surface area contributed by atoms with Crippen LogP contribution < -0.4 is 21.0 Å². The van der Waals surface area contributed by atoms with Gasteiger partial charge in [-0.1, -0.05) is 11.6 Å². The summed E-state index contributed by atoms with van der Waals surface area (Å²) in [4.78, 5) is 39.3. The van der Waals surface area contributed by atoms with Gasteiger partial charge >= 0.3 is 18.2 Å². The smallest absolute Gasteiger partial charge is 0.446 e. The van der Waals surface area contributed by atoms with Crippen LogP contribution in [0, 0.1) is 30.6 Å². The third-order valence-electron chi connectivity index (χ3n) is 9.54. The molecule has 1 aromatic carbocycles. The van der Waals surface area contributed by atoms with Crippen molar-refractivity contribution in [2.24, 2.45) is 23.7 Å². The molecule has 1 saturated heterocycles. The summed E-state index contributed by atoms with van der Waals surface area (Å²) in [5, 5.41) is 7.56. The number of carbonyl (C=O) groups excluding carboxylic acids is 2. The van der Waals surface area contributed by atoms with Crippen LogP contribution in [-0.4, -0.2) is 78.5 Å². The van der Waals surface area contributed by atoms with Crippen LogP contribution in [0.15, 0.2) is 24.4 Å². The maximum atomic E-state index is 12.1. The number of amides is 1. The fourth-order valence-electron chi connectivity index (χ4n) is 7.72. The van der Waals surface area contributed by atoms with Crippen molar-refractivity contribution in [3.8, 4) is 0 Å². The van der Waals surface area contributed by atoms with Crippen molar-refractivity contribution >= 4 is 46.8 Å². The van der Waals surface area contributed by atoms with Crippen LogP contribution in [0.3, 0.4) is 0 Å². The number of halogens is 4. The highest BCUT2D eigenvalue weighted by atomic mass is 35.5. The van der Waals surface area contributed by atoms with E-state index in [0.717, 1.165) is 41.9 Å². The van der Waals surface area contributed by atoms with Crippen molar-refractivity contribution in [3.63, 3.8) is 0 Å². The van der Waals surface area contributed by atoms with E-state index in [0.29, 0.717) is 54.3 Å². The molecule has 0 atom stereocenters. The van der Waals surface area contributed by atoms with E-state index in [1.807, 2.05) is 13.0 Å². The number of rotatable bonds is 8. The number of hydrogen-bond acceptors (Lipinski definition) is 10. The molecule has 11 nitrogen and oxygen atoms in total. The largest absolute Gasteiger partial charge is 0.493 e. The summed E-state index contributed by atoms with van der Waals surface area (Å²) in [5.74, 6) is 1.84. The average Bonchev–Trinajstić information content (AvgIpc) is 2.99. The maximum absolute atomic E-state index is 12.1. The number of aromatic nitrogens is 2. The molecular weight excluding hydrogens is 615 g/mol. The van der Waals surface area contributed by atoms with Crippen molar-refractivity contribution in [3.05, 3.63) is 35.0 Å². The minimum Gasteiger partial charge on any atom is -0.446 e. The fraction of sp³-hybridized carbons (Fsp3) is 0.600. The van der Waals surface area contributed by atoms with Gasteiger partial charge in [0.05, 0.1) is 6.20 Å². The summed E-state index contributed by atoms with van der Waals surface area (Å²) in [6.07, 6.45) is 1.82. The SMILES string of the molecule is Cc1cc(Nc2ncc(Cl)c(NC3C4CC5CC(C4)CC3C5)n2)ccc1N1CCN(CCOC(=O)NOC(=O)C(F)(F)F)CC1. The molecule has 0 radical (unpaired) electrons. The Morgan fingerprint density at radius 2 is 1.73 bits per heavy atom. The molecule has 45 heavy (non-hydrogen) atoms. The minimum absolute atomic E-state index is 0.0679. The monoisotopic (exact) mass is 651 g/mol. The summed E-state index contributed by atoms with van der Waals surface area (Å²) >= 11 is 6.53. The van der Waals surface area contributed by atoms with Crippen molar-refractivity contribution in [1.82, 2.24) is 20.3 Å². The van der Waals surface area contributed by atoms with Gasteiger partial charge in [-0.15, -0.1) is 5.48 Å². The van der Waals surface area contributed by atoms with Crippen molar-refractivity contribution < 1.29 is 32.3 Å². The first-order valence-electron chi connectivity index (χ1n) is 15.4. The molecule has 5 fully saturated rings. The molecule has 2 heterocycles. The van der Waals surface area contributed by atoms with Crippen molar-refractivity contribution in [2.75, 3.05) is 54.9 Å². The highest BCUT2D eigenvalue weighted by molar-refractivity contribution is 6.32. The Bertz CT molecular complexity index is 1380. The van der Waals surface area contributed by atoms with E-state index in [2.05, 4.69) is 42.4 Å². The molecule has 4 aliphatic carbocycles. The first kappa shape index (κ1) is 31.5. The minimum atomic E-state index is -5.21. The molecule has 0 spiro atoms. The standard InChI is InChI=1S/C30H37ClF3N7O4/c1-17-10-22(36-28-35-16-23(31)26(38-28)37-25-20-12-18-11-19(14-20)15-21(25)13-18)2-3-24(17)41-6-4-40(5-7-41)8-9-44-29(43)39-45-27(42)30(32,33)34/h2-3,10,16,18-21,25H,4-9,11-15H2,1H3,(H,39,43)(H2,35,36,37,38). The van der Waals surface area contributed by atoms with Crippen LogP contribution >= 0.6 is 11.6 Å². The lowest BCUT2D eigenvalue weighted by atomic mass is 9.54. The number of nitrogens with zero attached hydrogens (tertiary/aromatic N) is 4. The van der Waals surface area contributed by atoms with E-state index in [1.54, 1.807) is 6.20 Å². The Balaban J connectivity index is 0.968. The molecule has 1 aliphatic heterocycles. The zero-order valence-corrected chi connectivity index (χ0v) is 25.7. The molecule has 3 N–H and O–H groups in total. The second-order valence-electron chi connectivity index (χ2n) is 12.6. The van der Waals surface area contributed by atoms with Gasteiger partial charge < -0.3 is 25.1 Å². The Morgan fingerprint density at radius 3 is 2.38 bits per heavy atom. The van der Waals surface area contributed by atoms with Crippen molar-refractivity contribution in [2.45, 2.75) is 51.2 Å². The number of ether oxygens (including phenoxy) is 1. The summed E-state index contributed by atoms with van der Waals surface area (Å²) < 4.78 is 41.2. The van der Waals surface area contributed by atoms with Crippen LogP contribution in [0.1, 0.15) is 37.7 Å². The van der Waals surface area contributed by atoms with Gasteiger partial charge in [0.1, 0.15) is 11.6 Å². The lowest BCUT2D eigenvalue weighted by Crippen LogP contribution is -2.51. The number of nitrogens with one attached hydrogen (secondary N) is 3. The zero-order valence-electron chi connectivity index (χ0n) is 24.9. The second kappa shape index (κ2) is 13.1. The molecular formula is C30H37ClF3N7O4. The number of alkyl halides is 3. The van der Waals surface area contributed by atoms with Crippen LogP contribution in [0.2, 0.25) is 5.02 Å². The van der Waals surface area contributed by atoms with Gasteiger partial charge in [0.25, 0.3) is 0 Å². The first-order chi connectivity index (χ1) is 21.5. The summed E-state index contributed by atoms with van der Waals surface area (Å²) in [6, 6.07) is 6.54. The van der Waals surface area contributed by atoms with Crippen LogP contribution in [0.4, 0.5) is 41.1 Å². The van der Waals surface area contributed by atoms with E-state index in [1.165, 1.54) is 37.6 Å². The van der Waals surface area contributed by atoms with Gasteiger partial charge in [-0.2, -0.15) is 18.2 Å². The predicted molar refractivity (Wildman–Crippen MR) is 161 cm³/mol. The number of hydroxylamine groups is 1. The van der Waals surface area contributed by atoms with Gasteiger partial charge in [0, 0.05) is 50.1 Å². The zero-order chi connectivity index (χ0) is 31.7. The summed E-state index contributed by atoms with van der Waals surface area (Å²) in [6.45, 7) is 5.25. The number of aryl methyl sites for hydroxylation is 1. The Morgan fingerprint density at radius 1 is 1.04 bits per heavy atom. The fourth-order valence-corrected chi connectivity index (χ4v) is 7.87. The molecule has 4 bridgehead atoms. The van der Waals surface area contributed by atoms with Gasteiger partial charge in [0.2, 0.25) is 5.95 Å². The Kier molecular flexibility index (Phi) is 9.14. The number of benzene rings is 1. The maximum Gasteiger partial charge on any atom is 0.493 e. The molecule has 7 rings (SSSR count). The van der Waals surface area contributed by atoms with Crippen LogP contribution in [0.5, 0.6) is 0 Å². The van der Waals surface area contributed by atoms with E-state index < -0.39 is 18.2 Å². The number of hydrogen-bond donors (Lipinski definition) is 3. The quantitative estimate of drug-likeness (QED) is 0.325. The molecule has 2 aromatic rings. The summed E-state index contributed by atoms with van der Waals surface area (Å²) in [5.41, 5.74) is 4.39. The van der Waals surface area contributed by atoms with Crippen LogP contribution in [-0.2, 0) is 14.4 Å². The predicted octanol–water partition coefficient (Wildman–Crippen LogP) is 5.29. The van der Waals surface area contributed by atoms with E-state index in [9.17, 15) is 22.8 Å². The van der Waals surface area contributed by atoms with Crippen molar-refractivity contribution in [1.29, 1.82) is 0 Å². The molecule has 4 saturated carbocycles. The summed E-state index contributed by atoms with van der Waals surface area (Å²) in [7, 11) is 0. The van der Waals surface area contributed by atoms with Gasteiger partial charge in [-0.25, -0.2) is 14.6 Å². The normalized spacial score (nSPS) is 26.0. The van der Waals surface area contributed by atoms with E-state index in [4.69, 9.17) is 21.3 Å². The Hall–Kier alpha value is -3.52. The highest BCUT2D eigenvalue weighted by Crippen LogP contribution is 2.54. The second-order valence-corrected chi connectivity index (χ2v) is 13.0. The number of carbonyl (C=O) groups is 2. The topological polar surface area (TPSA) is 121 Å². The number of piperazine rings is 1. The third-order valence-corrected chi connectivity index (χ3v) is 9.82. The molecule has 244 valence electrons. The third kappa shape index (κ3) is 7.49. The van der Waals surface area contributed by atoms with Gasteiger partial charge in [-0.05, 0) is 86.5 Å². The van der Waals surface area contributed by atoms with Gasteiger partial charge in [-0.3, -0.25) is 4.90 Å². The average molecular weight is 652 g/mol. The first-order valence-corrected chi connectivity index (χ1v) is 15.7. The molecule has 15 heteroatoms. The lowest BCUT2D eigenvalue weighted by molar-refractivity contribution is -0.205. The molecule has 1 aromatic heterocycles. The Labute approximate surface area is 264 Å². The van der Waals surface area contributed by atoms with Crippen LogP contribution in [0.25, 0.3) is 0 Å². The molecule has 1 amide bonds. The van der Waals surface area contributed by atoms with Gasteiger partial charge in [0.15, 0.2) is 5.82 Å². The molecule has 5 aliphatic rings. The number of anilines is 4. The molecule has 0 unspecified atom stereocenters. The van der Waals surface area contributed by atoms with E-state index in [-0.39, 0.29) is 6.61 Å².